The average Bonchev–Trinajstić information content (AvgIpc) is 3.08. The van der Waals surface area contributed by atoms with Crippen LogP contribution in [0, 0.1) is 17.8 Å². The van der Waals surface area contributed by atoms with Crippen LogP contribution in [0.1, 0.15) is 73.3 Å². The van der Waals surface area contributed by atoms with E-state index in [2.05, 4.69) is 25.7 Å². The fourth-order valence-electron chi connectivity index (χ4n) is 6.72. The van der Waals surface area contributed by atoms with Crippen molar-refractivity contribution in [2.24, 2.45) is 17.8 Å². The number of allylic oxidation sites excluding steroid dienone is 1. The number of fused-ring (bicyclic) bond motifs is 3. The number of nitrogens with one attached hydrogen (secondary N) is 1. The molecule has 6 rings (SSSR count). The predicted molar refractivity (Wildman–Crippen MR) is 183 cm³/mol. The van der Waals surface area contributed by atoms with Gasteiger partial charge in [-0.3, -0.25) is 4.79 Å². The molecule has 250 valence electrons. The van der Waals surface area contributed by atoms with Crippen LogP contribution < -0.4 is 14.4 Å². The number of ether oxygens (including phenoxy) is 2. The van der Waals surface area contributed by atoms with Crippen LogP contribution in [0.15, 0.2) is 67.0 Å². The first-order valence-electron chi connectivity index (χ1n) is 16.6. The fourth-order valence-corrected chi connectivity index (χ4v) is 8.20. The molecule has 2 aromatic carbocycles. The van der Waals surface area contributed by atoms with Crippen molar-refractivity contribution in [1.82, 2.24) is 14.7 Å². The molecule has 11 heteroatoms. The van der Waals surface area contributed by atoms with Gasteiger partial charge in [0.05, 0.1) is 17.0 Å². The number of halogens is 1. The van der Waals surface area contributed by atoms with E-state index in [1.165, 1.54) is 5.56 Å². The molecule has 0 unspecified atom stereocenters. The number of carbonyl (C=O) groups is 1. The predicted octanol–water partition coefficient (Wildman–Crippen LogP) is 6.51. The summed E-state index contributed by atoms with van der Waals surface area (Å²) in [7, 11) is -3.94. The van der Waals surface area contributed by atoms with E-state index in [4.69, 9.17) is 21.1 Å². The van der Waals surface area contributed by atoms with Gasteiger partial charge in [-0.25, -0.2) is 23.1 Å². The molecule has 1 aliphatic carbocycles. The lowest BCUT2D eigenvalue weighted by molar-refractivity contribution is -0.0247. The molecule has 0 spiro atoms. The Balaban J connectivity index is 1.36. The number of anilines is 1. The summed E-state index contributed by atoms with van der Waals surface area (Å²) in [6, 6.07) is 12.9. The minimum absolute atomic E-state index is 0.172. The van der Waals surface area contributed by atoms with Gasteiger partial charge in [-0.15, -0.1) is 0 Å². The highest BCUT2D eigenvalue weighted by molar-refractivity contribution is 7.90. The molecular weight excluding hydrogens is 636 g/mol. The largest absolute Gasteiger partial charge is 0.487 e. The second kappa shape index (κ2) is 14.7. The maximum Gasteiger partial charge on any atom is 0.264 e. The van der Waals surface area contributed by atoms with Crippen LogP contribution in [0.2, 0.25) is 5.02 Å². The second-order valence-electron chi connectivity index (χ2n) is 13.1. The maximum atomic E-state index is 13.4. The molecule has 1 N–H and O–H groups in total. The number of amides is 1. The van der Waals surface area contributed by atoms with Crippen molar-refractivity contribution in [3.63, 3.8) is 0 Å². The number of nitrogens with zero attached hydrogens (tertiary/aromatic N) is 3. The molecule has 1 aromatic heterocycles. The van der Waals surface area contributed by atoms with Crippen molar-refractivity contribution in [2.45, 2.75) is 76.9 Å². The zero-order chi connectivity index (χ0) is 33.0. The van der Waals surface area contributed by atoms with Gasteiger partial charge in [0.1, 0.15) is 19.0 Å². The summed E-state index contributed by atoms with van der Waals surface area (Å²) in [6.45, 7) is 5.70. The van der Waals surface area contributed by atoms with Crippen molar-refractivity contribution < 1.29 is 22.7 Å². The van der Waals surface area contributed by atoms with Crippen molar-refractivity contribution in [1.29, 1.82) is 0 Å². The topological polar surface area (TPSA) is 111 Å². The number of sulfonamides is 1. The Hall–Kier alpha value is -3.47. The number of aromatic nitrogens is 2. The summed E-state index contributed by atoms with van der Waals surface area (Å²) < 4.78 is 42.0. The minimum atomic E-state index is -3.94. The molecule has 3 aliphatic rings. The van der Waals surface area contributed by atoms with Crippen LogP contribution in [0.5, 0.6) is 5.75 Å². The first-order valence-corrected chi connectivity index (χ1v) is 18.5. The van der Waals surface area contributed by atoms with E-state index in [0.29, 0.717) is 42.1 Å². The Morgan fingerprint density at radius 2 is 1.89 bits per heavy atom. The summed E-state index contributed by atoms with van der Waals surface area (Å²) in [5.41, 5.74) is 3.32. The van der Waals surface area contributed by atoms with Crippen LogP contribution in [-0.4, -0.2) is 48.7 Å². The third-order valence-corrected chi connectivity index (χ3v) is 12.1. The minimum Gasteiger partial charge on any atom is -0.487 e. The highest BCUT2D eigenvalue weighted by Crippen LogP contribution is 2.42. The quantitative estimate of drug-likeness (QED) is 0.313. The average molecular weight is 679 g/mol. The van der Waals surface area contributed by atoms with E-state index >= 15 is 0 Å². The normalized spacial score (nSPS) is 27.1. The monoisotopic (exact) mass is 678 g/mol. The molecule has 0 saturated heterocycles. The molecule has 1 saturated carbocycles. The van der Waals surface area contributed by atoms with Gasteiger partial charge in [0.25, 0.3) is 5.91 Å². The van der Waals surface area contributed by atoms with Crippen molar-refractivity contribution in [3.8, 4) is 5.75 Å². The first-order chi connectivity index (χ1) is 22.7. The van der Waals surface area contributed by atoms with E-state index in [0.717, 1.165) is 56.4 Å². The zero-order valence-corrected chi connectivity index (χ0v) is 28.6. The highest BCUT2D eigenvalue weighted by atomic mass is 35.5. The number of hydrogen-bond acceptors (Lipinski definition) is 8. The van der Waals surface area contributed by atoms with Gasteiger partial charge in [0, 0.05) is 36.1 Å². The Bertz CT molecular complexity index is 1700. The SMILES string of the molecule is C[C@@H]1[C@@H](C)C/C=C/[C@H](OCc2ncccn2)[C@@H]2CC[C@H]2CN2CCCCc3cc(Cl)ccc3COc3ccc(cc32)C(=O)NS1(=O)=O. The third kappa shape index (κ3) is 7.99. The molecule has 1 amide bonds. The number of aryl methyl sites for hydroxylation is 1. The Kier molecular flexibility index (Phi) is 10.5. The summed E-state index contributed by atoms with van der Waals surface area (Å²) in [4.78, 5) is 24.5. The summed E-state index contributed by atoms with van der Waals surface area (Å²) in [5, 5.41) is -0.0779. The molecule has 9 nitrogen and oxygen atoms in total. The molecule has 5 atom stereocenters. The smallest absolute Gasteiger partial charge is 0.264 e. The van der Waals surface area contributed by atoms with E-state index < -0.39 is 21.2 Å². The van der Waals surface area contributed by atoms with E-state index in [-0.39, 0.29) is 23.5 Å². The summed E-state index contributed by atoms with van der Waals surface area (Å²) in [6.07, 6.45) is 12.8. The zero-order valence-electron chi connectivity index (χ0n) is 27.0. The number of rotatable bonds is 3. The standard InChI is InChI=1S/C36H43ClN4O5S/c1-24-7-5-9-33(46-23-35-38-16-6-17-39-35)31-14-11-28(31)21-41-18-4-3-8-26-19-30(37)13-10-29(26)22-45-34-15-12-27(20-32(34)41)36(42)40-47(43,44)25(24)2/h5-6,9-10,12-13,15-17,19-20,24-25,28,31,33H,3-4,7-8,11,14,18,21-23H2,1-2H3,(H,40,42)/b9-5+/t24-,25+,28-,31+,33-/m0/s1. The molecular formula is C36H43ClN4O5S. The van der Waals surface area contributed by atoms with Crippen molar-refractivity contribution >= 4 is 33.2 Å². The number of carbonyl (C=O) groups excluding carboxylic acids is 1. The third-order valence-electron chi connectivity index (χ3n) is 9.97. The lowest BCUT2D eigenvalue weighted by Gasteiger charge is -2.44. The van der Waals surface area contributed by atoms with E-state index in [9.17, 15) is 13.2 Å². The molecule has 47 heavy (non-hydrogen) atoms. The highest BCUT2D eigenvalue weighted by Gasteiger charge is 2.38. The summed E-state index contributed by atoms with van der Waals surface area (Å²) >= 11 is 6.35. The Labute approximate surface area is 282 Å². The molecule has 1 fully saturated rings. The maximum absolute atomic E-state index is 13.4. The fraction of sp³-hybridized carbons (Fsp3) is 0.472. The van der Waals surface area contributed by atoms with Crippen LogP contribution in [0.4, 0.5) is 5.69 Å². The van der Waals surface area contributed by atoms with Gasteiger partial charge in [-0.1, -0.05) is 36.7 Å². The number of benzene rings is 2. The van der Waals surface area contributed by atoms with E-state index in [1.807, 2.05) is 31.2 Å². The molecule has 0 radical (unpaired) electrons. The van der Waals surface area contributed by atoms with Crippen molar-refractivity contribution in [3.05, 3.63) is 94.5 Å². The lowest BCUT2D eigenvalue weighted by Crippen LogP contribution is -2.44. The van der Waals surface area contributed by atoms with Gasteiger partial charge in [-0.2, -0.15) is 0 Å². The van der Waals surface area contributed by atoms with Crippen LogP contribution >= 0.6 is 11.6 Å². The lowest BCUT2D eigenvalue weighted by atomic mass is 9.70. The van der Waals surface area contributed by atoms with Gasteiger partial charge in [0.15, 0.2) is 5.82 Å². The first kappa shape index (κ1) is 33.4. The van der Waals surface area contributed by atoms with Crippen LogP contribution in [0.3, 0.4) is 0 Å². The summed E-state index contributed by atoms with van der Waals surface area (Å²) in [5.74, 6) is 1.02. The Morgan fingerprint density at radius 1 is 1.06 bits per heavy atom. The second-order valence-corrected chi connectivity index (χ2v) is 15.5. The van der Waals surface area contributed by atoms with Crippen LogP contribution in [-0.2, 0) is 34.4 Å². The molecule has 2 bridgehead atoms. The van der Waals surface area contributed by atoms with Gasteiger partial charge in [0.2, 0.25) is 10.0 Å². The molecule has 2 aliphatic heterocycles. The van der Waals surface area contributed by atoms with Gasteiger partial charge >= 0.3 is 0 Å². The Morgan fingerprint density at radius 3 is 2.68 bits per heavy atom. The molecule has 3 heterocycles. The van der Waals surface area contributed by atoms with Gasteiger partial charge in [-0.05, 0) is 111 Å². The van der Waals surface area contributed by atoms with E-state index in [1.54, 1.807) is 43.6 Å². The molecule has 3 aromatic rings. The number of hydrogen-bond donors (Lipinski definition) is 1. The van der Waals surface area contributed by atoms with Gasteiger partial charge < -0.3 is 14.4 Å². The van der Waals surface area contributed by atoms with Crippen molar-refractivity contribution in [2.75, 3.05) is 18.0 Å². The van der Waals surface area contributed by atoms with Crippen LogP contribution in [0.25, 0.3) is 0 Å².